The highest BCUT2D eigenvalue weighted by atomic mass is 32.1. The SMILES string of the molecule is CCOC(=O)Cn1c(=NC(=O)c2ccc(C(C)=O)cc2)sc2cccc(OC)c21. The van der Waals surface area contributed by atoms with Crippen molar-refractivity contribution in [2.45, 2.75) is 20.4 Å². The topological polar surface area (TPSA) is 87.0 Å². The van der Waals surface area contributed by atoms with Crippen LogP contribution in [0.25, 0.3) is 10.2 Å². The number of thiazole rings is 1. The third-order valence-electron chi connectivity index (χ3n) is 4.21. The van der Waals surface area contributed by atoms with Crippen molar-refractivity contribution in [3.63, 3.8) is 0 Å². The predicted octanol–water partition coefficient (Wildman–Crippen LogP) is 3.22. The van der Waals surface area contributed by atoms with Gasteiger partial charge in [-0.25, -0.2) is 0 Å². The van der Waals surface area contributed by atoms with Crippen LogP contribution in [0.1, 0.15) is 34.6 Å². The van der Waals surface area contributed by atoms with Gasteiger partial charge in [-0.2, -0.15) is 4.99 Å². The number of amides is 1. The van der Waals surface area contributed by atoms with E-state index >= 15 is 0 Å². The maximum atomic E-state index is 12.7. The summed E-state index contributed by atoms with van der Waals surface area (Å²) in [6.45, 7) is 3.36. The molecule has 0 aliphatic rings. The Kier molecular flexibility index (Phi) is 6.23. The van der Waals surface area contributed by atoms with Gasteiger partial charge in [-0.1, -0.05) is 29.5 Å². The molecule has 3 aromatic rings. The maximum absolute atomic E-state index is 12.7. The van der Waals surface area contributed by atoms with Crippen molar-refractivity contribution in [1.82, 2.24) is 4.57 Å². The second-order valence-corrected chi connectivity index (χ2v) is 7.14. The summed E-state index contributed by atoms with van der Waals surface area (Å²) in [4.78, 5) is 40.8. The molecule has 0 aliphatic heterocycles. The first-order chi connectivity index (χ1) is 13.9. The fourth-order valence-corrected chi connectivity index (χ4v) is 3.87. The lowest BCUT2D eigenvalue weighted by molar-refractivity contribution is -0.143. The number of methoxy groups -OCH3 is 1. The van der Waals surface area contributed by atoms with Gasteiger partial charge in [0.25, 0.3) is 5.91 Å². The maximum Gasteiger partial charge on any atom is 0.326 e. The van der Waals surface area contributed by atoms with Gasteiger partial charge in [0.05, 0.1) is 18.4 Å². The van der Waals surface area contributed by atoms with Crippen molar-refractivity contribution < 1.29 is 23.9 Å². The lowest BCUT2D eigenvalue weighted by Crippen LogP contribution is -2.23. The number of ether oxygens (including phenoxy) is 2. The van der Waals surface area contributed by atoms with Gasteiger partial charge in [0.2, 0.25) is 0 Å². The molecule has 1 aromatic heterocycles. The number of hydrogen-bond donors (Lipinski definition) is 0. The van der Waals surface area contributed by atoms with Gasteiger partial charge in [0, 0.05) is 11.1 Å². The van der Waals surface area contributed by atoms with Gasteiger partial charge in [0.1, 0.15) is 17.8 Å². The van der Waals surface area contributed by atoms with Gasteiger partial charge in [-0.15, -0.1) is 0 Å². The zero-order valence-corrected chi connectivity index (χ0v) is 17.1. The van der Waals surface area contributed by atoms with E-state index in [-0.39, 0.29) is 18.9 Å². The van der Waals surface area contributed by atoms with Gasteiger partial charge >= 0.3 is 5.97 Å². The number of aromatic nitrogens is 1. The summed E-state index contributed by atoms with van der Waals surface area (Å²) >= 11 is 1.28. The summed E-state index contributed by atoms with van der Waals surface area (Å²) in [5.41, 5.74) is 1.54. The summed E-state index contributed by atoms with van der Waals surface area (Å²) < 4.78 is 12.9. The molecular weight excluding hydrogens is 392 g/mol. The second kappa shape index (κ2) is 8.83. The van der Waals surface area contributed by atoms with E-state index in [1.807, 2.05) is 12.1 Å². The van der Waals surface area contributed by atoms with Crippen molar-refractivity contribution in [3.05, 3.63) is 58.4 Å². The first-order valence-corrected chi connectivity index (χ1v) is 9.78. The number of hydrogen-bond acceptors (Lipinski definition) is 6. The number of benzene rings is 2. The molecule has 0 radical (unpaired) electrons. The Hall–Kier alpha value is -3.26. The molecule has 0 N–H and O–H groups in total. The number of para-hydroxylation sites is 1. The number of fused-ring (bicyclic) bond motifs is 1. The molecule has 0 saturated carbocycles. The molecule has 0 aliphatic carbocycles. The lowest BCUT2D eigenvalue weighted by Gasteiger charge is -2.08. The molecule has 0 atom stereocenters. The van der Waals surface area contributed by atoms with Crippen molar-refractivity contribution >= 4 is 39.2 Å². The van der Waals surface area contributed by atoms with Gasteiger partial charge in [-0.05, 0) is 38.1 Å². The summed E-state index contributed by atoms with van der Waals surface area (Å²) in [6, 6.07) is 11.8. The van der Waals surface area contributed by atoms with E-state index in [4.69, 9.17) is 9.47 Å². The molecule has 150 valence electrons. The van der Waals surface area contributed by atoms with Crippen LogP contribution in [-0.4, -0.2) is 35.9 Å². The Bertz CT molecular complexity index is 1140. The molecule has 0 saturated heterocycles. The number of ketones is 1. The fraction of sp³-hybridized carbons (Fsp3) is 0.238. The molecule has 8 heteroatoms. The minimum Gasteiger partial charge on any atom is -0.495 e. The zero-order valence-electron chi connectivity index (χ0n) is 16.3. The van der Waals surface area contributed by atoms with Crippen molar-refractivity contribution in [2.24, 2.45) is 4.99 Å². The Morgan fingerprint density at radius 1 is 1.07 bits per heavy atom. The van der Waals surface area contributed by atoms with Crippen molar-refractivity contribution in [3.8, 4) is 5.75 Å². The Balaban J connectivity index is 2.10. The van der Waals surface area contributed by atoms with Crippen LogP contribution in [0.5, 0.6) is 5.75 Å². The van der Waals surface area contributed by atoms with E-state index in [2.05, 4.69) is 4.99 Å². The molecule has 1 amide bonds. The minimum absolute atomic E-state index is 0.0789. The molecule has 0 fully saturated rings. The molecule has 0 spiro atoms. The van der Waals surface area contributed by atoms with Crippen LogP contribution in [0, 0.1) is 0 Å². The van der Waals surface area contributed by atoms with Crippen molar-refractivity contribution in [1.29, 1.82) is 0 Å². The van der Waals surface area contributed by atoms with Crippen LogP contribution in [0.15, 0.2) is 47.5 Å². The molecule has 29 heavy (non-hydrogen) atoms. The van der Waals surface area contributed by atoms with Crippen LogP contribution in [-0.2, 0) is 16.1 Å². The summed E-state index contributed by atoms with van der Waals surface area (Å²) in [5, 5.41) is 0. The minimum atomic E-state index is -0.469. The highest BCUT2D eigenvalue weighted by Gasteiger charge is 2.16. The largest absolute Gasteiger partial charge is 0.495 e. The Morgan fingerprint density at radius 3 is 2.38 bits per heavy atom. The monoisotopic (exact) mass is 412 g/mol. The van der Waals surface area contributed by atoms with Gasteiger partial charge in [0.15, 0.2) is 10.6 Å². The summed E-state index contributed by atoms with van der Waals surface area (Å²) in [5.74, 6) is -0.409. The van der Waals surface area contributed by atoms with Crippen LogP contribution in [0.2, 0.25) is 0 Å². The molecule has 1 heterocycles. The number of Topliss-reactive ketones (excluding diaryl/α,β-unsaturated/α-hetero) is 1. The van der Waals surface area contributed by atoms with Gasteiger partial charge in [-0.3, -0.25) is 14.4 Å². The Morgan fingerprint density at radius 2 is 1.76 bits per heavy atom. The Labute approximate surface area is 171 Å². The van der Waals surface area contributed by atoms with E-state index in [9.17, 15) is 14.4 Å². The second-order valence-electron chi connectivity index (χ2n) is 6.13. The molecule has 7 nitrogen and oxygen atoms in total. The lowest BCUT2D eigenvalue weighted by atomic mass is 10.1. The average Bonchev–Trinajstić information content (AvgIpc) is 3.05. The zero-order chi connectivity index (χ0) is 21.0. The third-order valence-corrected chi connectivity index (χ3v) is 5.26. The highest BCUT2D eigenvalue weighted by Crippen LogP contribution is 2.27. The van der Waals surface area contributed by atoms with E-state index in [0.717, 1.165) is 4.70 Å². The van der Waals surface area contributed by atoms with Gasteiger partial charge < -0.3 is 14.0 Å². The first kappa shape index (κ1) is 20.5. The number of carbonyl (C=O) groups excluding carboxylic acids is 3. The average molecular weight is 412 g/mol. The van der Waals surface area contributed by atoms with E-state index in [1.165, 1.54) is 18.3 Å². The van der Waals surface area contributed by atoms with Crippen molar-refractivity contribution in [2.75, 3.05) is 13.7 Å². The molecule has 3 rings (SSSR count). The summed E-state index contributed by atoms with van der Waals surface area (Å²) in [6.07, 6.45) is 0. The third kappa shape index (κ3) is 4.43. The number of esters is 1. The first-order valence-electron chi connectivity index (χ1n) is 8.96. The number of nitrogens with zero attached hydrogens (tertiary/aromatic N) is 2. The smallest absolute Gasteiger partial charge is 0.326 e. The van der Waals surface area contributed by atoms with Crippen LogP contribution in [0.4, 0.5) is 0 Å². The number of rotatable bonds is 6. The van der Waals surface area contributed by atoms with E-state index in [0.29, 0.717) is 27.2 Å². The molecule has 0 unspecified atom stereocenters. The normalized spacial score (nSPS) is 11.5. The molecule has 2 aromatic carbocycles. The van der Waals surface area contributed by atoms with E-state index in [1.54, 1.807) is 48.9 Å². The molecular formula is C21H20N2O5S. The highest BCUT2D eigenvalue weighted by molar-refractivity contribution is 7.16. The van der Waals surface area contributed by atoms with Crippen LogP contribution < -0.4 is 9.54 Å². The van der Waals surface area contributed by atoms with E-state index < -0.39 is 11.9 Å². The fourth-order valence-electron chi connectivity index (χ4n) is 2.83. The number of carbonyl (C=O) groups is 3. The van der Waals surface area contributed by atoms with Crippen LogP contribution >= 0.6 is 11.3 Å². The molecule has 0 bridgehead atoms. The summed E-state index contributed by atoms with van der Waals surface area (Å²) in [7, 11) is 1.54. The standard InChI is InChI=1S/C21H20N2O5S/c1-4-28-18(25)12-23-19-16(27-3)6-5-7-17(19)29-21(23)22-20(26)15-10-8-14(9-11-15)13(2)24/h5-11H,4,12H2,1-3H3. The van der Waals surface area contributed by atoms with Crippen LogP contribution in [0.3, 0.4) is 0 Å². The quantitative estimate of drug-likeness (QED) is 0.458. The predicted molar refractivity (Wildman–Crippen MR) is 109 cm³/mol.